The Hall–Kier alpha value is -2.26. The van der Waals surface area contributed by atoms with Gasteiger partial charge < -0.3 is 23.8 Å². The first kappa shape index (κ1) is 32.0. The average molecular weight is 580 g/mol. The fourth-order valence-electron chi connectivity index (χ4n) is 3.05. The molecule has 0 fully saturated rings. The molecule has 2 rings (SSSR count). The maximum atomic E-state index is 13.0. The van der Waals surface area contributed by atoms with Crippen molar-refractivity contribution in [2.45, 2.75) is 58.7 Å². The van der Waals surface area contributed by atoms with E-state index in [4.69, 9.17) is 30.1 Å². The van der Waals surface area contributed by atoms with Crippen LogP contribution in [0.5, 0.6) is 17.2 Å². The quantitative estimate of drug-likeness (QED) is 0.161. The predicted octanol–water partition coefficient (Wildman–Crippen LogP) is 7.86. The van der Waals surface area contributed by atoms with Crippen LogP contribution in [0.2, 0.25) is 5.02 Å². The molecule has 0 heterocycles. The lowest BCUT2D eigenvalue weighted by molar-refractivity contribution is -0.137. The minimum absolute atomic E-state index is 0.0530. The zero-order valence-electron chi connectivity index (χ0n) is 21.7. The predicted molar refractivity (Wildman–Crippen MR) is 140 cm³/mol. The molecule has 0 saturated carbocycles. The summed E-state index contributed by atoms with van der Waals surface area (Å²) >= 11 is 5.93. The minimum Gasteiger partial charge on any atom is -0.481 e. The molecule has 2 aromatic rings. The third-order valence-electron chi connectivity index (χ3n) is 5.25. The molecule has 38 heavy (non-hydrogen) atoms. The molecule has 0 radical (unpaired) electrons. The molecule has 1 atom stereocenters. The second-order valence-electron chi connectivity index (χ2n) is 8.48. The summed E-state index contributed by atoms with van der Waals surface area (Å²) in [7, 11) is -3.32. The lowest BCUT2D eigenvalue weighted by Crippen LogP contribution is -2.37. The molecule has 0 aliphatic rings. The van der Waals surface area contributed by atoms with Crippen LogP contribution in [0.15, 0.2) is 42.5 Å². The second-order valence-corrected chi connectivity index (χ2v) is 11.1. The smallest absolute Gasteiger partial charge is 0.416 e. The Morgan fingerprint density at radius 1 is 1.00 bits per heavy atom. The maximum absolute atomic E-state index is 13.0. The molecular weight excluding hydrogens is 546 g/mol. The number of alkyl halides is 3. The van der Waals surface area contributed by atoms with Crippen molar-refractivity contribution >= 4 is 25.1 Å². The summed E-state index contributed by atoms with van der Waals surface area (Å²) in [6.45, 7) is 6.34. The van der Waals surface area contributed by atoms with Crippen LogP contribution < -0.4 is 14.8 Å². The molecular formula is C26H34ClF3NO6P. The van der Waals surface area contributed by atoms with E-state index >= 15 is 0 Å². The van der Waals surface area contributed by atoms with Gasteiger partial charge in [0.1, 0.15) is 17.2 Å². The van der Waals surface area contributed by atoms with E-state index in [2.05, 4.69) is 5.32 Å². The van der Waals surface area contributed by atoms with Crippen LogP contribution in [-0.2, 0) is 24.6 Å². The molecule has 0 aromatic heterocycles. The molecule has 0 aliphatic carbocycles. The fourth-order valence-corrected chi connectivity index (χ4v) is 4.80. The number of rotatable bonds is 16. The summed E-state index contributed by atoms with van der Waals surface area (Å²) in [6, 6.07) is 8.99. The van der Waals surface area contributed by atoms with Crippen molar-refractivity contribution in [2.75, 3.05) is 25.9 Å². The Morgan fingerprint density at radius 2 is 1.58 bits per heavy atom. The van der Waals surface area contributed by atoms with Gasteiger partial charge in [-0.25, -0.2) is 0 Å². The Morgan fingerprint density at radius 3 is 2.11 bits per heavy atom. The van der Waals surface area contributed by atoms with E-state index in [1.54, 1.807) is 19.1 Å². The van der Waals surface area contributed by atoms with Gasteiger partial charge in [0.25, 0.3) is 5.91 Å². The molecule has 0 spiro atoms. The van der Waals surface area contributed by atoms with Gasteiger partial charge >= 0.3 is 13.8 Å². The van der Waals surface area contributed by atoms with Crippen molar-refractivity contribution in [1.82, 2.24) is 5.32 Å². The third-order valence-corrected chi connectivity index (χ3v) is 7.47. The van der Waals surface area contributed by atoms with Gasteiger partial charge in [-0.05, 0) is 62.2 Å². The molecule has 0 bridgehead atoms. The first-order valence-corrected chi connectivity index (χ1v) is 14.5. The minimum atomic E-state index is -4.51. The molecule has 212 valence electrons. The van der Waals surface area contributed by atoms with Gasteiger partial charge in [0.15, 0.2) is 6.10 Å². The Labute approximate surface area is 226 Å². The van der Waals surface area contributed by atoms with Crippen LogP contribution in [0, 0.1) is 0 Å². The Bertz CT molecular complexity index is 1050. The number of carbonyl (C=O) groups excluding carboxylic acids is 1. The first-order valence-electron chi connectivity index (χ1n) is 12.4. The van der Waals surface area contributed by atoms with Crippen molar-refractivity contribution in [2.24, 2.45) is 0 Å². The lowest BCUT2D eigenvalue weighted by atomic mass is 10.2. The number of halogens is 4. The summed E-state index contributed by atoms with van der Waals surface area (Å²) in [5.74, 6) is 0.347. The standard InChI is InChI=1S/C26H34ClF3NO6P/c1-4-6-15-34-38(33,35-16-7-5-2)17-14-31-25(32)19(3)36-21-9-11-22(12-10-21)37-24-13-8-20(18-23(24)27)26(28,29)30/h8-13,18-19H,4-7,14-17H2,1-3H3,(H,31,32). The van der Waals surface area contributed by atoms with Gasteiger partial charge in [-0.2, -0.15) is 13.2 Å². The van der Waals surface area contributed by atoms with E-state index in [1.807, 2.05) is 13.8 Å². The Balaban J connectivity index is 1.86. The summed E-state index contributed by atoms with van der Waals surface area (Å²) in [6.07, 6.45) is -1.98. The number of nitrogens with one attached hydrogen (secondary N) is 1. The number of carbonyl (C=O) groups is 1. The molecule has 0 aliphatic heterocycles. The third kappa shape index (κ3) is 10.8. The number of amides is 1. The maximum Gasteiger partial charge on any atom is 0.416 e. The van der Waals surface area contributed by atoms with Crippen LogP contribution in [0.25, 0.3) is 0 Å². The SMILES string of the molecule is CCCCOP(=O)(CCNC(=O)C(C)Oc1ccc(Oc2ccc(C(F)(F)F)cc2Cl)cc1)OCCCC. The lowest BCUT2D eigenvalue weighted by Gasteiger charge is -2.20. The summed E-state index contributed by atoms with van der Waals surface area (Å²) in [5.41, 5.74) is -0.873. The molecule has 1 unspecified atom stereocenters. The highest BCUT2D eigenvalue weighted by atomic mass is 35.5. The molecule has 12 heteroatoms. The van der Waals surface area contributed by atoms with Crippen LogP contribution in [0.1, 0.15) is 52.0 Å². The summed E-state index contributed by atoms with van der Waals surface area (Å²) in [4.78, 5) is 12.5. The van der Waals surface area contributed by atoms with E-state index in [0.717, 1.165) is 43.9 Å². The number of hydrogen-bond acceptors (Lipinski definition) is 6. The van der Waals surface area contributed by atoms with Crippen LogP contribution in [0.3, 0.4) is 0 Å². The van der Waals surface area contributed by atoms with Crippen LogP contribution in [0.4, 0.5) is 13.2 Å². The van der Waals surface area contributed by atoms with E-state index in [1.165, 1.54) is 12.1 Å². The molecule has 7 nitrogen and oxygen atoms in total. The van der Waals surface area contributed by atoms with Crippen molar-refractivity contribution in [3.63, 3.8) is 0 Å². The van der Waals surface area contributed by atoms with Gasteiger partial charge in [-0.3, -0.25) is 9.36 Å². The van der Waals surface area contributed by atoms with Crippen LogP contribution in [-0.4, -0.2) is 37.9 Å². The van der Waals surface area contributed by atoms with Gasteiger partial charge in [0.2, 0.25) is 0 Å². The van der Waals surface area contributed by atoms with Gasteiger partial charge in [-0.1, -0.05) is 38.3 Å². The highest BCUT2D eigenvalue weighted by Crippen LogP contribution is 2.48. The highest BCUT2D eigenvalue weighted by Gasteiger charge is 2.31. The molecule has 0 saturated heterocycles. The topological polar surface area (TPSA) is 83.1 Å². The Kier molecular flexibility index (Phi) is 12.9. The molecule has 2 aromatic carbocycles. The van der Waals surface area contributed by atoms with Crippen molar-refractivity contribution in [3.05, 3.63) is 53.1 Å². The van der Waals surface area contributed by atoms with E-state index in [9.17, 15) is 22.5 Å². The summed E-state index contributed by atoms with van der Waals surface area (Å²) in [5, 5.41) is 2.51. The zero-order valence-corrected chi connectivity index (χ0v) is 23.3. The molecule has 1 N–H and O–H groups in total. The first-order chi connectivity index (χ1) is 18.0. The van der Waals surface area contributed by atoms with Gasteiger partial charge in [0.05, 0.1) is 30.0 Å². The largest absolute Gasteiger partial charge is 0.481 e. The second kappa shape index (κ2) is 15.4. The van der Waals surface area contributed by atoms with Gasteiger partial charge in [0, 0.05) is 6.54 Å². The number of unbranched alkanes of at least 4 members (excludes halogenated alkanes) is 2. The van der Waals surface area contributed by atoms with Crippen molar-refractivity contribution in [1.29, 1.82) is 0 Å². The summed E-state index contributed by atoms with van der Waals surface area (Å²) < 4.78 is 73.6. The van der Waals surface area contributed by atoms with E-state index in [0.29, 0.717) is 24.7 Å². The number of hydrogen-bond donors (Lipinski definition) is 1. The highest BCUT2D eigenvalue weighted by molar-refractivity contribution is 7.53. The normalized spacial score (nSPS) is 12.7. The van der Waals surface area contributed by atoms with E-state index in [-0.39, 0.29) is 23.5 Å². The van der Waals surface area contributed by atoms with Crippen molar-refractivity contribution in [3.8, 4) is 17.2 Å². The van der Waals surface area contributed by atoms with E-state index < -0.39 is 31.3 Å². The van der Waals surface area contributed by atoms with Crippen molar-refractivity contribution < 1.29 is 41.1 Å². The molecule has 1 amide bonds. The number of benzene rings is 2. The average Bonchev–Trinajstić information content (AvgIpc) is 2.86. The van der Waals surface area contributed by atoms with Crippen LogP contribution >= 0.6 is 19.2 Å². The monoisotopic (exact) mass is 579 g/mol. The zero-order chi connectivity index (χ0) is 28.2. The van der Waals surface area contributed by atoms with Gasteiger partial charge in [-0.15, -0.1) is 0 Å². The number of ether oxygens (including phenoxy) is 2. The fraction of sp³-hybridized carbons (Fsp3) is 0.500.